The van der Waals surface area contributed by atoms with E-state index in [1.54, 1.807) is 12.3 Å². The number of hydrogen-bond donors (Lipinski definition) is 2. The molecule has 1 heterocycles. The Morgan fingerprint density at radius 2 is 2.17 bits per heavy atom. The van der Waals surface area contributed by atoms with Gasteiger partial charge < -0.3 is 15.8 Å². The zero-order chi connectivity index (χ0) is 15.4. The first-order valence-electron chi connectivity index (χ1n) is 6.40. The highest BCUT2D eigenvalue weighted by Crippen LogP contribution is 2.29. The van der Waals surface area contributed by atoms with Crippen LogP contribution in [-0.2, 0) is 0 Å². The first kappa shape index (κ1) is 21.8. The number of methoxy groups -OCH3 is 1. The Kier molecular flexibility index (Phi) is 9.31. The average Bonchev–Trinajstić information content (AvgIpc) is 3.00. The van der Waals surface area contributed by atoms with Crippen LogP contribution >= 0.6 is 47.8 Å². The molecule has 1 aromatic heterocycles. The predicted molar refractivity (Wildman–Crippen MR) is 99.5 cm³/mol. The minimum absolute atomic E-state index is 0. The molecule has 1 unspecified atom stereocenters. The van der Waals surface area contributed by atoms with E-state index in [1.807, 2.05) is 12.3 Å². The summed E-state index contributed by atoms with van der Waals surface area (Å²) >= 11 is 7.49. The molecule has 3 N–H and O–H groups in total. The number of hydrogen-bond acceptors (Lipinski definition) is 5. The Morgan fingerprint density at radius 1 is 1.48 bits per heavy atom. The van der Waals surface area contributed by atoms with Crippen LogP contribution in [0.4, 0.5) is 5.69 Å². The molecule has 2 aromatic rings. The molecule has 1 amide bonds. The van der Waals surface area contributed by atoms with Crippen LogP contribution in [0.1, 0.15) is 34.8 Å². The van der Waals surface area contributed by atoms with Crippen molar-refractivity contribution in [2.24, 2.45) is 0 Å². The van der Waals surface area contributed by atoms with Crippen LogP contribution in [0.2, 0.25) is 5.02 Å². The van der Waals surface area contributed by atoms with Crippen molar-refractivity contribution in [1.29, 1.82) is 0 Å². The number of thiazole rings is 1. The van der Waals surface area contributed by atoms with Gasteiger partial charge in [0.15, 0.2) is 0 Å². The number of nitrogen functional groups attached to an aromatic ring is 1. The third-order valence-electron chi connectivity index (χ3n) is 3.03. The molecule has 23 heavy (non-hydrogen) atoms. The van der Waals surface area contributed by atoms with Crippen molar-refractivity contribution < 1.29 is 9.53 Å². The summed E-state index contributed by atoms with van der Waals surface area (Å²) in [6, 6.07) is 2.92. The molecule has 1 atom stereocenters. The zero-order valence-electron chi connectivity index (χ0n) is 12.5. The van der Waals surface area contributed by atoms with Gasteiger partial charge in [0.1, 0.15) is 10.8 Å². The number of benzene rings is 1. The van der Waals surface area contributed by atoms with Crippen molar-refractivity contribution in [1.82, 2.24) is 10.3 Å². The largest absolute Gasteiger partial charge is 0.496 e. The Balaban J connectivity index is 0.00000242. The molecule has 0 radical (unpaired) electrons. The number of nitrogens with zero attached hydrogens (tertiary/aromatic N) is 1. The Bertz CT molecular complexity index is 638. The molecule has 1 aromatic carbocycles. The molecule has 128 valence electrons. The number of ether oxygens (including phenoxy) is 1. The molecule has 0 fully saturated rings. The quantitative estimate of drug-likeness (QED) is 0.743. The Labute approximate surface area is 156 Å². The van der Waals surface area contributed by atoms with Gasteiger partial charge >= 0.3 is 0 Å². The molecule has 0 saturated heterocycles. The van der Waals surface area contributed by atoms with Crippen molar-refractivity contribution in [2.75, 3.05) is 12.8 Å². The lowest BCUT2D eigenvalue weighted by molar-refractivity contribution is 0.0932. The molecule has 0 saturated carbocycles. The second-order valence-corrected chi connectivity index (χ2v) is 5.71. The highest BCUT2D eigenvalue weighted by molar-refractivity contribution is 7.09. The molecule has 0 aliphatic rings. The van der Waals surface area contributed by atoms with E-state index >= 15 is 0 Å². The second kappa shape index (κ2) is 9.82. The van der Waals surface area contributed by atoms with Gasteiger partial charge in [-0.2, -0.15) is 0 Å². The fraction of sp³-hybridized carbons (Fsp3) is 0.286. The lowest BCUT2D eigenvalue weighted by atomic mass is 10.1. The molecule has 9 heteroatoms. The molecule has 0 aliphatic carbocycles. The van der Waals surface area contributed by atoms with E-state index in [4.69, 9.17) is 22.1 Å². The topological polar surface area (TPSA) is 77.2 Å². The van der Waals surface area contributed by atoms with E-state index in [2.05, 4.69) is 10.3 Å². The molecular formula is C14H18Cl3N3O2S. The van der Waals surface area contributed by atoms with Crippen molar-refractivity contribution in [3.63, 3.8) is 0 Å². The Morgan fingerprint density at radius 3 is 2.70 bits per heavy atom. The van der Waals surface area contributed by atoms with Gasteiger partial charge in [0, 0.05) is 17.6 Å². The van der Waals surface area contributed by atoms with Crippen molar-refractivity contribution >= 4 is 59.3 Å². The average molecular weight is 399 g/mol. The van der Waals surface area contributed by atoms with E-state index in [0.29, 0.717) is 22.0 Å². The standard InChI is InChI=1S/C14H16ClN3O2S.2ClH/c1-3-11(14-17-4-5-21-14)18-13(19)8-6-9(15)10(16)7-12(8)20-2;;/h4-7,11H,3,16H2,1-2H3,(H,18,19);2*1H. The summed E-state index contributed by atoms with van der Waals surface area (Å²) in [4.78, 5) is 16.7. The summed E-state index contributed by atoms with van der Waals surface area (Å²) in [5, 5.41) is 6.01. The highest BCUT2D eigenvalue weighted by Gasteiger charge is 2.20. The lowest BCUT2D eigenvalue weighted by Crippen LogP contribution is -2.28. The number of nitrogens with one attached hydrogen (secondary N) is 1. The summed E-state index contributed by atoms with van der Waals surface area (Å²) in [7, 11) is 1.48. The first-order chi connectivity index (χ1) is 10.1. The van der Waals surface area contributed by atoms with Crippen LogP contribution in [0, 0.1) is 0 Å². The van der Waals surface area contributed by atoms with Crippen LogP contribution < -0.4 is 15.8 Å². The normalized spacial score (nSPS) is 10.9. The highest BCUT2D eigenvalue weighted by atomic mass is 35.5. The second-order valence-electron chi connectivity index (χ2n) is 4.38. The minimum atomic E-state index is -0.268. The van der Waals surface area contributed by atoms with Gasteiger partial charge in [-0.1, -0.05) is 18.5 Å². The summed E-state index contributed by atoms with van der Waals surface area (Å²) in [6.45, 7) is 1.99. The van der Waals surface area contributed by atoms with Crippen molar-refractivity contribution in [3.05, 3.63) is 39.3 Å². The van der Waals surface area contributed by atoms with Crippen molar-refractivity contribution in [2.45, 2.75) is 19.4 Å². The first-order valence-corrected chi connectivity index (χ1v) is 7.65. The summed E-state index contributed by atoms with van der Waals surface area (Å²) in [6.07, 6.45) is 2.46. The summed E-state index contributed by atoms with van der Waals surface area (Å²) in [5.41, 5.74) is 6.44. The summed E-state index contributed by atoms with van der Waals surface area (Å²) < 4.78 is 5.20. The molecule has 2 rings (SSSR count). The molecule has 0 bridgehead atoms. The van der Waals surface area contributed by atoms with Gasteiger partial charge in [-0.05, 0) is 12.5 Å². The van der Waals surface area contributed by atoms with Gasteiger partial charge in [0.05, 0.1) is 29.4 Å². The summed E-state index contributed by atoms with van der Waals surface area (Å²) in [5.74, 6) is 0.124. The number of amides is 1. The van der Waals surface area contributed by atoms with Crippen molar-refractivity contribution in [3.8, 4) is 5.75 Å². The lowest BCUT2D eigenvalue weighted by Gasteiger charge is -2.16. The van der Waals surface area contributed by atoms with Crippen LogP contribution in [-0.4, -0.2) is 18.0 Å². The maximum absolute atomic E-state index is 12.4. The van der Waals surface area contributed by atoms with Crippen LogP contribution in [0.5, 0.6) is 5.75 Å². The minimum Gasteiger partial charge on any atom is -0.496 e. The molecule has 0 aliphatic heterocycles. The Hall–Kier alpha value is -1.21. The SMILES string of the molecule is CCC(NC(=O)c1cc(Cl)c(N)cc1OC)c1nccs1.Cl.Cl. The van der Waals surface area contributed by atoms with Crippen LogP contribution in [0.15, 0.2) is 23.7 Å². The van der Waals surface area contributed by atoms with Gasteiger partial charge in [-0.15, -0.1) is 36.2 Å². The molecule has 0 spiro atoms. The number of anilines is 1. The maximum atomic E-state index is 12.4. The predicted octanol–water partition coefficient (Wildman–Crippen LogP) is 4.11. The zero-order valence-corrected chi connectivity index (χ0v) is 15.7. The van der Waals surface area contributed by atoms with E-state index < -0.39 is 0 Å². The number of rotatable bonds is 5. The fourth-order valence-electron chi connectivity index (χ4n) is 1.90. The third kappa shape index (κ3) is 5.14. The third-order valence-corrected chi connectivity index (χ3v) is 4.24. The van der Waals surface area contributed by atoms with Gasteiger partial charge in [-0.25, -0.2) is 4.98 Å². The number of nitrogens with two attached hydrogens (primary N) is 1. The maximum Gasteiger partial charge on any atom is 0.255 e. The van der Waals surface area contributed by atoms with Crippen LogP contribution in [0.25, 0.3) is 0 Å². The number of carbonyl (C=O) groups is 1. The van der Waals surface area contributed by atoms with Gasteiger partial charge in [0.25, 0.3) is 5.91 Å². The smallest absolute Gasteiger partial charge is 0.255 e. The van der Waals surface area contributed by atoms with Gasteiger partial charge in [0.2, 0.25) is 0 Å². The van der Waals surface area contributed by atoms with E-state index in [-0.39, 0.29) is 36.8 Å². The number of carbonyl (C=O) groups excluding carboxylic acids is 1. The van der Waals surface area contributed by atoms with E-state index in [0.717, 1.165) is 11.4 Å². The van der Waals surface area contributed by atoms with Gasteiger partial charge in [-0.3, -0.25) is 4.79 Å². The van der Waals surface area contributed by atoms with E-state index in [1.165, 1.54) is 24.5 Å². The van der Waals surface area contributed by atoms with Crippen LogP contribution in [0.3, 0.4) is 0 Å². The fourth-order valence-corrected chi connectivity index (χ4v) is 2.83. The molecule has 5 nitrogen and oxygen atoms in total. The van der Waals surface area contributed by atoms with E-state index in [9.17, 15) is 4.79 Å². The number of aromatic nitrogens is 1. The molecular weight excluding hydrogens is 381 g/mol. The monoisotopic (exact) mass is 397 g/mol. The number of halogens is 3.